The van der Waals surface area contributed by atoms with E-state index in [-0.39, 0.29) is 36.8 Å². The molecular weight excluding hydrogens is 494 g/mol. The summed E-state index contributed by atoms with van der Waals surface area (Å²) in [7, 11) is 0. The van der Waals surface area contributed by atoms with Gasteiger partial charge in [-0.2, -0.15) is 0 Å². The number of rotatable bonds is 10. The lowest BCUT2D eigenvalue weighted by Crippen LogP contribution is -2.64. The SMILES string of the molecule is C=CCN1CC(C(=O)NC(Cc2cc(F)cc(F)c2)[C@H](O)[C@@H]2NCCN(Cc3ccccc3)C2=O)CC1=O. The molecule has 2 saturated heterocycles. The normalized spacial score (nSPS) is 21.3. The quantitative estimate of drug-likeness (QED) is 0.406. The summed E-state index contributed by atoms with van der Waals surface area (Å²) in [6, 6.07) is 10.3. The molecule has 0 spiro atoms. The number of carbonyl (C=O) groups excluding carboxylic acids is 3. The Hall–Kier alpha value is -3.63. The molecule has 2 heterocycles. The molecule has 0 bridgehead atoms. The summed E-state index contributed by atoms with van der Waals surface area (Å²) in [6.45, 7) is 5.35. The van der Waals surface area contributed by atoms with E-state index in [4.69, 9.17) is 0 Å². The first-order chi connectivity index (χ1) is 18.2. The highest BCUT2D eigenvalue weighted by atomic mass is 19.1. The van der Waals surface area contributed by atoms with Gasteiger partial charge in [0.1, 0.15) is 17.7 Å². The minimum atomic E-state index is -1.40. The maximum Gasteiger partial charge on any atom is 0.242 e. The van der Waals surface area contributed by atoms with Crippen molar-refractivity contribution in [2.45, 2.75) is 37.6 Å². The zero-order valence-electron chi connectivity index (χ0n) is 21.0. The maximum atomic E-state index is 13.9. The summed E-state index contributed by atoms with van der Waals surface area (Å²) >= 11 is 0. The molecule has 38 heavy (non-hydrogen) atoms. The van der Waals surface area contributed by atoms with Gasteiger partial charge < -0.3 is 25.5 Å². The fourth-order valence-corrected chi connectivity index (χ4v) is 5.03. The molecule has 0 radical (unpaired) electrons. The topological polar surface area (TPSA) is 102 Å². The summed E-state index contributed by atoms with van der Waals surface area (Å²) in [5, 5.41) is 17.2. The van der Waals surface area contributed by atoms with Crippen molar-refractivity contribution >= 4 is 17.7 Å². The van der Waals surface area contributed by atoms with E-state index in [0.717, 1.165) is 23.8 Å². The number of piperazine rings is 1. The predicted octanol–water partition coefficient (Wildman–Crippen LogP) is 1.39. The Balaban J connectivity index is 1.52. The van der Waals surface area contributed by atoms with Crippen LogP contribution in [0.25, 0.3) is 0 Å². The number of aliphatic hydroxyl groups excluding tert-OH is 1. The van der Waals surface area contributed by atoms with E-state index in [1.165, 1.54) is 4.90 Å². The lowest BCUT2D eigenvalue weighted by atomic mass is 9.93. The summed E-state index contributed by atoms with van der Waals surface area (Å²) in [6.07, 6.45) is 0.0496. The van der Waals surface area contributed by atoms with E-state index >= 15 is 0 Å². The van der Waals surface area contributed by atoms with Gasteiger partial charge >= 0.3 is 0 Å². The molecule has 2 aromatic carbocycles. The number of aliphatic hydroxyl groups is 1. The van der Waals surface area contributed by atoms with Crippen LogP contribution in [-0.4, -0.2) is 77.0 Å². The molecule has 0 aromatic heterocycles. The molecule has 2 fully saturated rings. The second-order valence-corrected chi connectivity index (χ2v) is 9.75. The van der Waals surface area contributed by atoms with E-state index in [2.05, 4.69) is 17.2 Å². The highest BCUT2D eigenvalue weighted by molar-refractivity contribution is 5.89. The average Bonchev–Trinajstić information content (AvgIpc) is 3.25. The Bertz CT molecular complexity index is 1160. The van der Waals surface area contributed by atoms with Crippen molar-refractivity contribution in [2.75, 3.05) is 26.2 Å². The summed E-state index contributed by atoms with van der Waals surface area (Å²) in [5.41, 5.74) is 1.15. The third-order valence-corrected chi connectivity index (χ3v) is 6.93. The largest absolute Gasteiger partial charge is 0.389 e. The van der Waals surface area contributed by atoms with Crippen molar-refractivity contribution < 1.29 is 28.3 Å². The zero-order valence-corrected chi connectivity index (χ0v) is 21.0. The summed E-state index contributed by atoms with van der Waals surface area (Å²) in [5.74, 6) is -3.24. The molecule has 3 amide bonds. The molecule has 8 nitrogen and oxygen atoms in total. The van der Waals surface area contributed by atoms with Gasteiger partial charge in [-0.3, -0.25) is 14.4 Å². The van der Waals surface area contributed by atoms with Gasteiger partial charge in [-0.1, -0.05) is 36.4 Å². The number of benzene rings is 2. The van der Waals surface area contributed by atoms with E-state index < -0.39 is 41.6 Å². The van der Waals surface area contributed by atoms with Gasteiger partial charge in [0, 0.05) is 45.2 Å². The Labute approximate surface area is 220 Å². The van der Waals surface area contributed by atoms with Crippen LogP contribution in [0, 0.1) is 17.6 Å². The van der Waals surface area contributed by atoms with Gasteiger partial charge in [0.15, 0.2) is 0 Å². The number of hydrogen-bond acceptors (Lipinski definition) is 5. The highest BCUT2D eigenvalue weighted by Crippen LogP contribution is 2.21. The Morgan fingerprint density at radius 2 is 1.84 bits per heavy atom. The maximum absolute atomic E-state index is 13.9. The van der Waals surface area contributed by atoms with Gasteiger partial charge in [0.25, 0.3) is 0 Å². The monoisotopic (exact) mass is 526 g/mol. The van der Waals surface area contributed by atoms with Crippen molar-refractivity contribution in [1.29, 1.82) is 0 Å². The van der Waals surface area contributed by atoms with Gasteiger partial charge in [0.05, 0.1) is 18.1 Å². The van der Waals surface area contributed by atoms with Crippen LogP contribution >= 0.6 is 0 Å². The minimum Gasteiger partial charge on any atom is -0.389 e. The smallest absolute Gasteiger partial charge is 0.242 e. The van der Waals surface area contributed by atoms with Crippen LogP contribution in [0.2, 0.25) is 0 Å². The number of amides is 3. The van der Waals surface area contributed by atoms with E-state index in [9.17, 15) is 28.3 Å². The van der Waals surface area contributed by atoms with Crippen molar-refractivity contribution in [3.63, 3.8) is 0 Å². The molecule has 4 atom stereocenters. The van der Waals surface area contributed by atoms with Crippen molar-refractivity contribution in [1.82, 2.24) is 20.4 Å². The lowest BCUT2D eigenvalue weighted by Gasteiger charge is -2.38. The first kappa shape index (κ1) is 27.4. The second-order valence-electron chi connectivity index (χ2n) is 9.75. The molecule has 4 rings (SSSR count). The minimum absolute atomic E-state index is 0.00252. The van der Waals surface area contributed by atoms with Gasteiger partial charge in [0.2, 0.25) is 17.7 Å². The Morgan fingerprint density at radius 1 is 1.13 bits per heavy atom. The molecule has 2 aliphatic rings. The number of nitrogens with one attached hydrogen (secondary N) is 2. The molecule has 0 aliphatic carbocycles. The van der Waals surface area contributed by atoms with Crippen molar-refractivity contribution in [3.8, 4) is 0 Å². The molecule has 3 N–H and O–H groups in total. The average molecular weight is 527 g/mol. The van der Waals surface area contributed by atoms with Crippen molar-refractivity contribution in [3.05, 3.63) is 83.9 Å². The number of nitrogens with zero attached hydrogens (tertiary/aromatic N) is 2. The van der Waals surface area contributed by atoms with E-state index in [0.29, 0.717) is 26.2 Å². The first-order valence-corrected chi connectivity index (χ1v) is 12.6. The van der Waals surface area contributed by atoms with Crippen LogP contribution in [0.1, 0.15) is 17.5 Å². The van der Waals surface area contributed by atoms with Gasteiger partial charge in [-0.25, -0.2) is 8.78 Å². The van der Waals surface area contributed by atoms with Crippen LogP contribution in [0.5, 0.6) is 0 Å². The fraction of sp³-hybridized carbons (Fsp3) is 0.393. The number of carbonyl (C=O) groups is 3. The molecule has 202 valence electrons. The number of halogens is 2. The number of hydrogen-bond donors (Lipinski definition) is 3. The molecule has 2 aromatic rings. The van der Waals surface area contributed by atoms with Crippen LogP contribution in [-0.2, 0) is 27.3 Å². The van der Waals surface area contributed by atoms with E-state index in [1.807, 2.05) is 30.3 Å². The standard InChI is InChI=1S/C28H32F2N4O4/c1-2-9-33-17-20(14-24(33)35)27(37)32-23(13-19-11-21(29)15-22(30)12-19)26(36)25-28(38)34(10-8-31-25)16-18-6-4-3-5-7-18/h2-7,11-12,15,20,23,25-26,31,36H,1,8-10,13-14,16-17H2,(H,32,37)/t20?,23?,25-,26-/m0/s1. The third-order valence-electron chi connectivity index (χ3n) is 6.93. The van der Waals surface area contributed by atoms with Crippen LogP contribution < -0.4 is 10.6 Å². The molecule has 2 unspecified atom stereocenters. The van der Waals surface area contributed by atoms with Crippen LogP contribution in [0.4, 0.5) is 8.78 Å². The zero-order chi connectivity index (χ0) is 27.2. The summed E-state index contributed by atoms with van der Waals surface area (Å²) in [4.78, 5) is 41.9. The Kier molecular flexibility index (Phi) is 8.85. The second kappa shape index (κ2) is 12.3. The highest BCUT2D eigenvalue weighted by Gasteiger charge is 2.40. The molecule has 0 saturated carbocycles. The number of likely N-dealkylation sites (tertiary alicyclic amines) is 1. The fourth-order valence-electron chi connectivity index (χ4n) is 5.03. The van der Waals surface area contributed by atoms with Crippen LogP contribution in [0.15, 0.2) is 61.2 Å². The molecular formula is C28H32F2N4O4. The van der Waals surface area contributed by atoms with Gasteiger partial charge in [-0.05, 0) is 29.7 Å². The third kappa shape index (κ3) is 6.62. The molecule has 2 aliphatic heterocycles. The summed E-state index contributed by atoms with van der Waals surface area (Å²) < 4.78 is 27.8. The van der Waals surface area contributed by atoms with Crippen molar-refractivity contribution in [2.24, 2.45) is 5.92 Å². The predicted molar refractivity (Wildman–Crippen MR) is 137 cm³/mol. The lowest BCUT2D eigenvalue weighted by molar-refractivity contribution is -0.141. The molecule has 10 heteroatoms. The first-order valence-electron chi connectivity index (χ1n) is 12.6. The Morgan fingerprint density at radius 3 is 2.53 bits per heavy atom. The van der Waals surface area contributed by atoms with Gasteiger partial charge in [-0.15, -0.1) is 6.58 Å². The van der Waals surface area contributed by atoms with Crippen LogP contribution in [0.3, 0.4) is 0 Å². The van der Waals surface area contributed by atoms with E-state index in [1.54, 1.807) is 11.0 Å².